The van der Waals surface area contributed by atoms with E-state index in [9.17, 15) is 9.59 Å². The third-order valence-corrected chi connectivity index (χ3v) is 6.73. The number of methoxy groups -OCH3 is 1. The predicted molar refractivity (Wildman–Crippen MR) is 165 cm³/mol. The van der Waals surface area contributed by atoms with E-state index >= 15 is 0 Å². The number of allylic oxidation sites excluding steroid dienone is 1. The molecule has 0 saturated heterocycles. The van der Waals surface area contributed by atoms with E-state index < -0.39 is 0 Å². The van der Waals surface area contributed by atoms with Gasteiger partial charge in [0.15, 0.2) is 12.4 Å². The summed E-state index contributed by atoms with van der Waals surface area (Å²) in [6, 6.07) is 21.9. The zero-order chi connectivity index (χ0) is 28.9. The summed E-state index contributed by atoms with van der Waals surface area (Å²) in [6.07, 6.45) is 9.10. The molecule has 0 saturated carbocycles. The topological polar surface area (TPSA) is 89.5 Å². The first kappa shape index (κ1) is 29.6. The van der Waals surface area contributed by atoms with Gasteiger partial charge in [0.25, 0.3) is 5.91 Å². The lowest BCUT2D eigenvalue weighted by molar-refractivity contribution is -0.123. The number of rotatable bonds is 15. The second-order valence-electron chi connectivity index (χ2n) is 9.49. The van der Waals surface area contributed by atoms with Gasteiger partial charge in [-0.25, -0.2) is 0 Å². The standard InChI is InChI=1S/C33H34ClN3O4/c1-40-27-12-6-24(7-13-27)8-17-32(38)25-9-14-28(15-10-25)41-23-33(39)37-20-5-3-2-4-19-35-30-18-21-36-31-22-26(34)11-16-29(30)31/h6-18,21-22H,2-5,19-20,23H2,1H3,(H,35,36)(H,37,39)/b17-8+. The number of pyridine rings is 1. The van der Waals surface area contributed by atoms with Crippen molar-refractivity contribution in [1.82, 2.24) is 10.3 Å². The number of nitrogens with zero attached hydrogens (tertiary/aromatic N) is 1. The number of anilines is 1. The number of carbonyl (C=O) groups excluding carboxylic acids is 2. The van der Waals surface area contributed by atoms with Crippen LogP contribution in [-0.2, 0) is 4.79 Å². The summed E-state index contributed by atoms with van der Waals surface area (Å²) in [6.45, 7) is 1.41. The van der Waals surface area contributed by atoms with E-state index in [4.69, 9.17) is 21.1 Å². The predicted octanol–water partition coefficient (Wildman–Crippen LogP) is 6.96. The van der Waals surface area contributed by atoms with Crippen LogP contribution in [0, 0.1) is 0 Å². The van der Waals surface area contributed by atoms with Gasteiger partial charge in [0.2, 0.25) is 0 Å². The molecule has 1 aromatic heterocycles. The molecule has 0 bridgehead atoms. The van der Waals surface area contributed by atoms with Crippen molar-refractivity contribution in [3.8, 4) is 11.5 Å². The summed E-state index contributed by atoms with van der Waals surface area (Å²) < 4.78 is 10.7. The number of benzene rings is 3. The van der Waals surface area contributed by atoms with E-state index in [2.05, 4.69) is 15.6 Å². The summed E-state index contributed by atoms with van der Waals surface area (Å²) in [5, 5.41) is 8.11. The number of unbranched alkanes of at least 4 members (excludes halogenated alkanes) is 3. The molecule has 0 fully saturated rings. The van der Waals surface area contributed by atoms with Crippen molar-refractivity contribution < 1.29 is 19.1 Å². The van der Waals surface area contributed by atoms with Gasteiger partial charge in [-0.15, -0.1) is 0 Å². The molecule has 8 heteroatoms. The molecule has 4 rings (SSSR count). The van der Waals surface area contributed by atoms with E-state index in [0.29, 0.717) is 22.9 Å². The highest BCUT2D eigenvalue weighted by atomic mass is 35.5. The maximum absolute atomic E-state index is 12.4. The molecule has 0 aliphatic heterocycles. The minimum Gasteiger partial charge on any atom is -0.497 e. The Morgan fingerprint density at radius 3 is 2.37 bits per heavy atom. The van der Waals surface area contributed by atoms with Crippen LogP contribution in [0.1, 0.15) is 41.6 Å². The molecular formula is C33H34ClN3O4. The highest BCUT2D eigenvalue weighted by Gasteiger charge is 2.06. The summed E-state index contributed by atoms with van der Waals surface area (Å²) in [5.41, 5.74) is 3.38. The number of fused-ring (bicyclic) bond motifs is 1. The Morgan fingerprint density at radius 2 is 1.61 bits per heavy atom. The lowest BCUT2D eigenvalue weighted by atomic mass is 10.1. The molecule has 0 aliphatic rings. The fourth-order valence-corrected chi connectivity index (χ4v) is 4.39. The van der Waals surface area contributed by atoms with Gasteiger partial charge in [0, 0.05) is 40.9 Å². The van der Waals surface area contributed by atoms with Crippen LogP contribution in [0.2, 0.25) is 5.02 Å². The number of ketones is 1. The van der Waals surface area contributed by atoms with Gasteiger partial charge in [-0.3, -0.25) is 14.6 Å². The van der Waals surface area contributed by atoms with Crippen LogP contribution in [0.4, 0.5) is 5.69 Å². The van der Waals surface area contributed by atoms with Crippen LogP contribution in [0.5, 0.6) is 11.5 Å². The molecule has 1 amide bonds. The van der Waals surface area contributed by atoms with Crippen molar-refractivity contribution in [2.75, 3.05) is 32.1 Å². The Balaban J connectivity index is 1.07. The number of carbonyl (C=O) groups is 2. The summed E-state index contributed by atoms with van der Waals surface area (Å²) in [4.78, 5) is 29.0. The van der Waals surface area contributed by atoms with Gasteiger partial charge in [0.05, 0.1) is 12.6 Å². The lowest BCUT2D eigenvalue weighted by Gasteiger charge is -2.10. The van der Waals surface area contributed by atoms with Gasteiger partial charge < -0.3 is 20.1 Å². The van der Waals surface area contributed by atoms with E-state index in [1.165, 1.54) is 6.08 Å². The van der Waals surface area contributed by atoms with Crippen molar-refractivity contribution in [2.24, 2.45) is 0 Å². The van der Waals surface area contributed by atoms with E-state index in [0.717, 1.165) is 60.1 Å². The first-order valence-corrected chi connectivity index (χ1v) is 14.0. The molecule has 0 unspecified atom stereocenters. The van der Waals surface area contributed by atoms with Crippen LogP contribution in [0.3, 0.4) is 0 Å². The average Bonchev–Trinajstić information content (AvgIpc) is 3.00. The third-order valence-electron chi connectivity index (χ3n) is 6.50. The van der Waals surface area contributed by atoms with E-state index in [-0.39, 0.29) is 18.3 Å². The number of hydrogen-bond acceptors (Lipinski definition) is 6. The minimum atomic E-state index is -0.168. The van der Waals surface area contributed by atoms with Crippen molar-refractivity contribution in [2.45, 2.75) is 25.7 Å². The summed E-state index contributed by atoms with van der Waals surface area (Å²) in [5.74, 6) is 1.02. The van der Waals surface area contributed by atoms with Crippen molar-refractivity contribution in [1.29, 1.82) is 0 Å². The minimum absolute atomic E-state index is 0.0698. The van der Waals surface area contributed by atoms with Gasteiger partial charge in [0.1, 0.15) is 11.5 Å². The Morgan fingerprint density at radius 1 is 0.878 bits per heavy atom. The molecule has 0 radical (unpaired) electrons. The van der Waals surface area contributed by atoms with Gasteiger partial charge in [-0.05, 0) is 85.1 Å². The van der Waals surface area contributed by atoms with Crippen LogP contribution in [0.15, 0.2) is 85.1 Å². The maximum atomic E-state index is 12.4. The summed E-state index contributed by atoms with van der Waals surface area (Å²) >= 11 is 6.06. The van der Waals surface area contributed by atoms with Crippen LogP contribution in [-0.4, -0.2) is 43.5 Å². The molecule has 2 N–H and O–H groups in total. The smallest absolute Gasteiger partial charge is 0.257 e. The number of hydrogen-bond donors (Lipinski definition) is 2. The maximum Gasteiger partial charge on any atom is 0.257 e. The van der Waals surface area contributed by atoms with Crippen LogP contribution < -0.4 is 20.1 Å². The molecule has 41 heavy (non-hydrogen) atoms. The van der Waals surface area contributed by atoms with Gasteiger partial charge in [-0.1, -0.05) is 42.7 Å². The van der Waals surface area contributed by atoms with Gasteiger partial charge >= 0.3 is 0 Å². The fraction of sp³-hybridized carbons (Fsp3) is 0.242. The zero-order valence-corrected chi connectivity index (χ0v) is 23.8. The molecule has 3 aromatic carbocycles. The van der Waals surface area contributed by atoms with Gasteiger partial charge in [-0.2, -0.15) is 0 Å². The number of aromatic nitrogens is 1. The molecule has 1 heterocycles. The molecule has 0 atom stereocenters. The Hall–Kier alpha value is -4.36. The SMILES string of the molecule is COc1ccc(/C=C/C(=O)c2ccc(OCC(=O)NCCCCCCNc3ccnc4cc(Cl)ccc34)cc2)cc1. The number of nitrogens with one attached hydrogen (secondary N) is 2. The van der Waals surface area contributed by atoms with Crippen LogP contribution in [0.25, 0.3) is 17.0 Å². The van der Waals surface area contributed by atoms with Crippen molar-refractivity contribution in [3.05, 3.63) is 101 Å². The average molecular weight is 572 g/mol. The Bertz CT molecular complexity index is 1470. The van der Waals surface area contributed by atoms with Crippen molar-refractivity contribution in [3.63, 3.8) is 0 Å². The van der Waals surface area contributed by atoms with Crippen molar-refractivity contribution >= 4 is 46.0 Å². The Kier molecular flexibility index (Phi) is 11.1. The Labute approximate surface area is 245 Å². The first-order chi connectivity index (χ1) is 20.0. The quantitative estimate of drug-likeness (QED) is 0.0910. The monoisotopic (exact) mass is 571 g/mol. The molecule has 212 valence electrons. The molecular weight excluding hydrogens is 538 g/mol. The highest BCUT2D eigenvalue weighted by Crippen LogP contribution is 2.24. The number of halogens is 1. The number of ether oxygens (including phenoxy) is 2. The third kappa shape index (κ3) is 9.36. The number of amides is 1. The normalized spacial score (nSPS) is 11.0. The molecule has 4 aromatic rings. The summed E-state index contributed by atoms with van der Waals surface area (Å²) in [7, 11) is 1.61. The van der Waals surface area contributed by atoms with E-state index in [1.54, 1.807) is 43.6 Å². The lowest BCUT2D eigenvalue weighted by Crippen LogP contribution is -2.29. The highest BCUT2D eigenvalue weighted by molar-refractivity contribution is 6.31. The molecule has 7 nitrogen and oxygen atoms in total. The van der Waals surface area contributed by atoms with Crippen LogP contribution >= 0.6 is 11.6 Å². The first-order valence-electron chi connectivity index (χ1n) is 13.7. The largest absolute Gasteiger partial charge is 0.497 e. The van der Waals surface area contributed by atoms with E-state index in [1.807, 2.05) is 48.5 Å². The fourth-order valence-electron chi connectivity index (χ4n) is 4.23. The second-order valence-corrected chi connectivity index (χ2v) is 9.93. The zero-order valence-electron chi connectivity index (χ0n) is 23.1. The molecule has 0 spiro atoms. The second kappa shape index (κ2) is 15.4. The molecule has 0 aliphatic carbocycles.